The van der Waals surface area contributed by atoms with Crippen molar-refractivity contribution in [3.05, 3.63) is 71.8 Å². The van der Waals surface area contributed by atoms with Crippen LogP contribution in [0.3, 0.4) is 0 Å². The van der Waals surface area contributed by atoms with Gasteiger partial charge in [-0.1, -0.05) is 60.7 Å². The van der Waals surface area contributed by atoms with Crippen LogP contribution in [0.2, 0.25) is 0 Å². The molecule has 0 unspecified atom stereocenters. The van der Waals surface area contributed by atoms with Crippen LogP contribution < -0.4 is 0 Å². The molecule has 0 radical (unpaired) electrons. The van der Waals surface area contributed by atoms with Gasteiger partial charge in [0.15, 0.2) is 0 Å². The smallest absolute Gasteiger partial charge is 0.0986 e. The summed E-state index contributed by atoms with van der Waals surface area (Å²) in [4.78, 5) is 4.94. The SMILES string of the molecule is CC(C)N1CCN([C@H](c2ccccc2)[C@@H](O)c2ccccc2)CC1. The maximum absolute atomic E-state index is 11.1. The van der Waals surface area contributed by atoms with Crippen LogP contribution in [0.1, 0.15) is 37.1 Å². The van der Waals surface area contributed by atoms with Gasteiger partial charge in [0.25, 0.3) is 0 Å². The molecule has 2 aromatic rings. The van der Waals surface area contributed by atoms with E-state index in [9.17, 15) is 5.11 Å². The van der Waals surface area contributed by atoms with E-state index in [2.05, 4.69) is 47.9 Å². The molecule has 128 valence electrons. The Hall–Kier alpha value is -1.68. The first-order valence-electron chi connectivity index (χ1n) is 8.93. The second kappa shape index (κ2) is 7.93. The highest BCUT2D eigenvalue weighted by Crippen LogP contribution is 2.34. The van der Waals surface area contributed by atoms with Gasteiger partial charge in [-0.2, -0.15) is 0 Å². The van der Waals surface area contributed by atoms with E-state index in [1.165, 1.54) is 5.56 Å². The number of nitrogens with zero attached hydrogens (tertiary/aromatic N) is 2. The third-order valence-electron chi connectivity index (χ3n) is 5.05. The van der Waals surface area contributed by atoms with Gasteiger partial charge in [-0.05, 0) is 25.0 Å². The van der Waals surface area contributed by atoms with Crippen LogP contribution in [0.5, 0.6) is 0 Å². The van der Waals surface area contributed by atoms with E-state index in [4.69, 9.17) is 0 Å². The summed E-state index contributed by atoms with van der Waals surface area (Å²) in [5.41, 5.74) is 2.17. The summed E-state index contributed by atoms with van der Waals surface area (Å²) in [5.74, 6) is 0. The van der Waals surface area contributed by atoms with Gasteiger partial charge in [-0.3, -0.25) is 9.80 Å². The Kier molecular flexibility index (Phi) is 5.67. The quantitative estimate of drug-likeness (QED) is 0.912. The summed E-state index contributed by atoms with van der Waals surface area (Å²) < 4.78 is 0. The minimum absolute atomic E-state index is 0.00270. The summed E-state index contributed by atoms with van der Waals surface area (Å²) in [6.45, 7) is 8.60. The van der Waals surface area contributed by atoms with Crippen LogP contribution in [0.15, 0.2) is 60.7 Å². The van der Waals surface area contributed by atoms with Gasteiger partial charge >= 0.3 is 0 Å². The molecule has 0 aliphatic carbocycles. The summed E-state index contributed by atoms with van der Waals surface area (Å²) in [6.07, 6.45) is -0.515. The van der Waals surface area contributed by atoms with E-state index in [1.807, 2.05) is 36.4 Å². The molecule has 0 spiro atoms. The highest BCUT2D eigenvalue weighted by atomic mass is 16.3. The maximum Gasteiger partial charge on any atom is 0.0986 e. The van der Waals surface area contributed by atoms with Crippen molar-refractivity contribution in [2.24, 2.45) is 0 Å². The zero-order valence-corrected chi connectivity index (χ0v) is 14.7. The fraction of sp³-hybridized carbons (Fsp3) is 0.429. The van der Waals surface area contributed by atoms with Crippen molar-refractivity contribution in [1.82, 2.24) is 9.80 Å². The lowest BCUT2D eigenvalue weighted by Crippen LogP contribution is -2.50. The minimum Gasteiger partial charge on any atom is -0.386 e. The van der Waals surface area contributed by atoms with Gasteiger partial charge in [-0.15, -0.1) is 0 Å². The van der Waals surface area contributed by atoms with E-state index >= 15 is 0 Å². The van der Waals surface area contributed by atoms with Crippen LogP contribution in [0, 0.1) is 0 Å². The molecule has 3 nitrogen and oxygen atoms in total. The molecule has 1 heterocycles. The number of rotatable bonds is 5. The summed E-state index contributed by atoms with van der Waals surface area (Å²) in [5, 5.41) is 11.1. The topological polar surface area (TPSA) is 26.7 Å². The number of benzene rings is 2. The molecule has 3 heteroatoms. The lowest BCUT2D eigenvalue weighted by molar-refractivity contribution is 0.0102. The molecule has 24 heavy (non-hydrogen) atoms. The molecule has 2 atom stereocenters. The summed E-state index contributed by atoms with van der Waals surface area (Å²) in [7, 11) is 0. The molecule has 0 amide bonds. The van der Waals surface area contributed by atoms with Crippen molar-refractivity contribution in [3.8, 4) is 0 Å². The molecule has 2 aromatic carbocycles. The average Bonchev–Trinajstić information content (AvgIpc) is 2.64. The summed E-state index contributed by atoms with van der Waals surface area (Å²) in [6, 6.07) is 21.0. The first kappa shape index (κ1) is 17.2. The molecule has 0 saturated carbocycles. The van der Waals surface area contributed by atoms with Crippen molar-refractivity contribution in [2.75, 3.05) is 26.2 Å². The van der Waals surface area contributed by atoms with Gasteiger partial charge in [0.2, 0.25) is 0 Å². The van der Waals surface area contributed by atoms with Gasteiger partial charge in [0.1, 0.15) is 0 Å². The van der Waals surface area contributed by atoms with E-state index in [0.717, 1.165) is 31.7 Å². The zero-order chi connectivity index (χ0) is 16.9. The number of aliphatic hydroxyl groups excluding tert-OH is 1. The fourth-order valence-electron chi connectivity index (χ4n) is 3.61. The first-order chi connectivity index (χ1) is 11.7. The van der Waals surface area contributed by atoms with Gasteiger partial charge < -0.3 is 5.11 Å². The standard InChI is InChI=1S/C21H28N2O/c1-17(2)22-13-15-23(16-14-22)20(18-9-5-3-6-10-18)21(24)19-11-7-4-8-12-19/h3-12,17,20-21,24H,13-16H2,1-2H3/t20-,21+/m1/s1. The van der Waals surface area contributed by atoms with Crippen molar-refractivity contribution in [3.63, 3.8) is 0 Å². The van der Waals surface area contributed by atoms with E-state index in [0.29, 0.717) is 6.04 Å². The van der Waals surface area contributed by atoms with E-state index < -0.39 is 6.10 Å². The predicted octanol–water partition coefficient (Wildman–Crippen LogP) is 3.49. The first-order valence-corrected chi connectivity index (χ1v) is 8.93. The lowest BCUT2D eigenvalue weighted by atomic mass is 9.93. The third-order valence-corrected chi connectivity index (χ3v) is 5.05. The number of aliphatic hydroxyl groups is 1. The van der Waals surface area contributed by atoms with Crippen LogP contribution in [-0.2, 0) is 0 Å². The third kappa shape index (κ3) is 3.86. The Bertz CT molecular complexity index is 606. The van der Waals surface area contributed by atoms with Crippen LogP contribution in [0.4, 0.5) is 0 Å². The molecule has 3 rings (SSSR count). The number of hydrogen-bond donors (Lipinski definition) is 1. The normalized spacial score (nSPS) is 19.3. The summed E-state index contributed by atoms with van der Waals surface area (Å²) >= 11 is 0. The Morgan fingerprint density at radius 1 is 0.708 bits per heavy atom. The van der Waals surface area contributed by atoms with Gasteiger partial charge in [0, 0.05) is 32.2 Å². The maximum atomic E-state index is 11.1. The minimum atomic E-state index is -0.515. The molecule has 0 aromatic heterocycles. The lowest BCUT2D eigenvalue weighted by Gasteiger charge is -2.42. The van der Waals surface area contributed by atoms with Crippen molar-refractivity contribution < 1.29 is 5.11 Å². The highest BCUT2D eigenvalue weighted by Gasteiger charge is 2.31. The zero-order valence-electron chi connectivity index (χ0n) is 14.7. The second-order valence-corrected chi connectivity index (χ2v) is 6.88. The Morgan fingerprint density at radius 3 is 1.67 bits per heavy atom. The molecule has 1 saturated heterocycles. The van der Waals surface area contributed by atoms with E-state index in [1.54, 1.807) is 0 Å². The van der Waals surface area contributed by atoms with Gasteiger partial charge in [0.05, 0.1) is 12.1 Å². The van der Waals surface area contributed by atoms with Crippen LogP contribution >= 0.6 is 0 Å². The predicted molar refractivity (Wildman–Crippen MR) is 98.9 cm³/mol. The van der Waals surface area contributed by atoms with Crippen LogP contribution in [0.25, 0.3) is 0 Å². The average molecular weight is 324 g/mol. The van der Waals surface area contributed by atoms with Crippen molar-refractivity contribution in [2.45, 2.75) is 32.0 Å². The van der Waals surface area contributed by atoms with E-state index in [-0.39, 0.29) is 6.04 Å². The molecule has 1 N–H and O–H groups in total. The second-order valence-electron chi connectivity index (χ2n) is 6.88. The Balaban J connectivity index is 1.84. The fourth-order valence-corrected chi connectivity index (χ4v) is 3.61. The Labute approximate surface area is 145 Å². The van der Waals surface area contributed by atoms with Gasteiger partial charge in [-0.25, -0.2) is 0 Å². The molecular weight excluding hydrogens is 296 g/mol. The van der Waals surface area contributed by atoms with Crippen molar-refractivity contribution >= 4 is 0 Å². The Morgan fingerprint density at radius 2 is 1.17 bits per heavy atom. The highest BCUT2D eigenvalue weighted by molar-refractivity contribution is 5.26. The van der Waals surface area contributed by atoms with Crippen molar-refractivity contribution in [1.29, 1.82) is 0 Å². The molecule has 1 fully saturated rings. The molecule has 1 aliphatic rings. The number of hydrogen-bond acceptors (Lipinski definition) is 3. The number of piperazine rings is 1. The molecule has 1 aliphatic heterocycles. The molecule has 0 bridgehead atoms. The largest absolute Gasteiger partial charge is 0.386 e. The van der Waals surface area contributed by atoms with Crippen LogP contribution in [-0.4, -0.2) is 47.1 Å². The monoisotopic (exact) mass is 324 g/mol. The molecular formula is C21H28N2O.